The van der Waals surface area contributed by atoms with Crippen molar-refractivity contribution in [2.24, 2.45) is 0 Å². The first-order valence-electron chi connectivity index (χ1n) is 5.72. The van der Waals surface area contributed by atoms with Gasteiger partial charge in [0.15, 0.2) is 0 Å². The standard InChI is InChI=1S/C13H16FNO3S/c1-9(19-2)13(18)15(8-12(16)17)7-10-3-5-11(14)6-4-10/h3-6,9H,7-8H2,1-2H3,(H,16,17). The lowest BCUT2D eigenvalue weighted by Gasteiger charge is -2.23. The van der Waals surface area contributed by atoms with Gasteiger partial charge in [-0.2, -0.15) is 11.8 Å². The Labute approximate surface area is 115 Å². The molecule has 6 heteroatoms. The molecule has 0 saturated heterocycles. The number of carboxylic acid groups (broad SMARTS) is 1. The van der Waals surface area contributed by atoms with Crippen LogP contribution in [-0.4, -0.2) is 39.9 Å². The zero-order valence-electron chi connectivity index (χ0n) is 10.8. The summed E-state index contributed by atoms with van der Waals surface area (Å²) in [6.45, 7) is 1.53. The van der Waals surface area contributed by atoms with Crippen molar-refractivity contribution in [1.82, 2.24) is 4.90 Å². The van der Waals surface area contributed by atoms with Gasteiger partial charge in [0.05, 0.1) is 5.25 Å². The van der Waals surface area contributed by atoms with Crippen LogP contribution in [0.25, 0.3) is 0 Å². The van der Waals surface area contributed by atoms with Crippen LogP contribution in [-0.2, 0) is 16.1 Å². The molecule has 0 aliphatic carbocycles. The minimum Gasteiger partial charge on any atom is -0.480 e. The zero-order chi connectivity index (χ0) is 14.4. The van der Waals surface area contributed by atoms with E-state index >= 15 is 0 Å². The highest BCUT2D eigenvalue weighted by Crippen LogP contribution is 2.13. The first kappa shape index (κ1) is 15.5. The van der Waals surface area contributed by atoms with Crippen LogP contribution in [0.4, 0.5) is 4.39 Å². The van der Waals surface area contributed by atoms with Crippen molar-refractivity contribution in [3.63, 3.8) is 0 Å². The van der Waals surface area contributed by atoms with E-state index in [-0.39, 0.29) is 30.1 Å². The second-order valence-electron chi connectivity index (χ2n) is 4.09. The van der Waals surface area contributed by atoms with Crippen molar-refractivity contribution in [2.45, 2.75) is 18.7 Å². The van der Waals surface area contributed by atoms with Crippen LogP contribution in [0.15, 0.2) is 24.3 Å². The first-order valence-corrected chi connectivity index (χ1v) is 7.00. The summed E-state index contributed by atoms with van der Waals surface area (Å²) in [4.78, 5) is 24.1. The quantitative estimate of drug-likeness (QED) is 0.868. The summed E-state index contributed by atoms with van der Waals surface area (Å²) >= 11 is 1.36. The molecule has 1 amide bonds. The molecule has 1 atom stereocenters. The lowest BCUT2D eigenvalue weighted by Crippen LogP contribution is -2.39. The zero-order valence-corrected chi connectivity index (χ0v) is 11.6. The molecule has 4 nitrogen and oxygen atoms in total. The molecular formula is C13H16FNO3S. The van der Waals surface area contributed by atoms with E-state index in [9.17, 15) is 14.0 Å². The number of carbonyl (C=O) groups excluding carboxylic acids is 1. The molecule has 0 aliphatic rings. The van der Waals surface area contributed by atoms with Crippen molar-refractivity contribution < 1.29 is 19.1 Å². The monoisotopic (exact) mass is 285 g/mol. The number of benzene rings is 1. The maximum Gasteiger partial charge on any atom is 0.323 e. The van der Waals surface area contributed by atoms with Crippen LogP contribution >= 0.6 is 11.8 Å². The molecule has 1 aromatic carbocycles. The van der Waals surface area contributed by atoms with Crippen LogP contribution in [0.3, 0.4) is 0 Å². The van der Waals surface area contributed by atoms with Gasteiger partial charge in [0.25, 0.3) is 0 Å². The molecule has 0 radical (unpaired) electrons. The maximum atomic E-state index is 12.8. The van der Waals surface area contributed by atoms with E-state index in [0.717, 1.165) is 0 Å². The number of hydrogen-bond acceptors (Lipinski definition) is 3. The van der Waals surface area contributed by atoms with Crippen molar-refractivity contribution in [2.75, 3.05) is 12.8 Å². The van der Waals surface area contributed by atoms with E-state index < -0.39 is 5.97 Å². The molecule has 1 aromatic rings. The van der Waals surface area contributed by atoms with Gasteiger partial charge in [-0.05, 0) is 30.9 Å². The molecule has 1 rings (SSSR count). The van der Waals surface area contributed by atoms with Crippen molar-refractivity contribution in [3.8, 4) is 0 Å². The number of carboxylic acids is 1. The summed E-state index contributed by atoms with van der Waals surface area (Å²) in [5.74, 6) is -1.67. The lowest BCUT2D eigenvalue weighted by atomic mass is 10.2. The Balaban J connectivity index is 2.82. The minimum absolute atomic E-state index is 0.163. The Morgan fingerprint density at radius 3 is 2.42 bits per heavy atom. The molecular weight excluding hydrogens is 269 g/mol. The third kappa shape index (κ3) is 4.90. The molecule has 0 fully saturated rings. The number of nitrogens with zero attached hydrogens (tertiary/aromatic N) is 1. The number of thioether (sulfide) groups is 1. The van der Waals surface area contributed by atoms with E-state index in [1.54, 1.807) is 25.3 Å². The van der Waals surface area contributed by atoms with Crippen LogP contribution in [0.2, 0.25) is 0 Å². The Kier molecular flexibility index (Phi) is 5.82. The van der Waals surface area contributed by atoms with Gasteiger partial charge in [0.2, 0.25) is 5.91 Å². The van der Waals surface area contributed by atoms with Crippen LogP contribution in [0.1, 0.15) is 12.5 Å². The maximum absolute atomic E-state index is 12.8. The second-order valence-corrected chi connectivity index (χ2v) is 5.27. The number of carbonyl (C=O) groups is 2. The fourth-order valence-corrected chi connectivity index (χ4v) is 1.89. The predicted octanol–water partition coefficient (Wildman–Crippen LogP) is 1.99. The van der Waals surface area contributed by atoms with Crippen molar-refractivity contribution >= 4 is 23.6 Å². The van der Waals surface area contributed by atoms with E-state index in [4.69, 9.17) is 5.11 Å². The van der Waals surface area contributed by atoms with Crippen LogP contribution < -0.4 is 0 Å². The number of rotatable bonds is 6. The minimum atomic E-state index is -1.07. The van der Waals surface area contributed by atoms with E-state index in [0.29, 0.717) is 5.56 Å². The van der Waals surface area contributed by atoms with Gasteiger partial charge in [-0.15, -0.1) is 0 Å². The van der Waals surface area contributed by atoms with Gasteiger partial charge < -0.3 is 10.0 Å². The van der Waals surface area contributed by atoms with Crippen LogP contribution in [0, 0.1) is 5.82 Å². The number of amides is 1. The summed E-state index contributed by atoms with van der Waals surface area (Å²) in [6, 6.07) is 5.66. The average Bonchev–Trinajstić information content (AvgIpc) is 2.38. The fraction of sp³-hybridized carbons (Fsp3) is 0.385. The molecule has 0 heterocycles. The Morgan fingerprint density at radius 2 is 1.95 bits per heavy atom. The summed E-state index contributed by atoms with van der Waals surface area (Å²) in [5.41, 5.74) is 0.698. The molecule has 0 spiro atoms. The SMILES string of the molecule is CSC(C)C(=O)N(CC(=O)O)Cc1ccc(F)cc1. The van der Waals surface area contributed by atoms with Gasteiger partial charge >= 0.3 is 5.97 Å². The van der Waals surface area contributed by atoms with Gasteiger partial charge in [-0.1, -0.05) is 12.1 Å². The summed E-state index contributed by atoms with van der Waals surface area (Å²) in [7, 11) is 0. The predicted molar refractivity (Wildman–Crippen MR) is 72.4 cm³/mol. The third-order valence-electron chi connectivity index (χ3n) is 2.63. The van der Waals surface area contributed by atoms with Crippen LogP contribution in [0.5, 0.6) is 0 Å². The molecule has 0 bridgehead atoms. The lowest BCUT2D eigenvalue weighted by molar-refractivity contribution is -0.144. The molecule has 0 aliphatic heterocycles. The first-order chi connectivity index (χ1) is 8.93. The van der Waals surface area contributed by atoms with Gasteiger partial charge in [-0.3, -0.25) is 9.59 Å². The van der Waals surface area contributed by atoms with Crippen molar-refractivity contribution in [3.05, 3.63) is 35.6 Å². The van der Waals surface area contributed by atoms with Gasteiger partial charge in [0.1, 0.15) is 12.4 Å². The molecule has 0 aromatic heterocycles. The molecule has 1 N–H and O–H groups in total. The highest BCUT2D eigenvalue weighted by Gasteiger charge is 2.22. The molecule has 104 valence electrons. The van der Waals surface area contributed by atoms with Gasteiger partial charge in [0, 0.05) is 6.54 Å². The number of halogens is 1. The second kappa shape index (κ2) is 7.13. The highest BCUT2D eigenvalue weighted by atomic mass is 32.2. The van der Waals surface area contributed by atoms with E-state index in [1.165, 1.54) is 28.8 Å². The summed E-state index contributed by atoms with van der Waals surface area (Å²) in [6.07, 6.45) is 1.79. The normalized spacial score (nSPS) is 11.9. The van der Waals surface area contributed by atoms with E-state index in [2.05, 4.69) is 0 Å². The Bertz CT molecular complexity index is 450. The van der Waals surface area contributed by atoms with Crippen molar-refractivity contribution in [1.29, 1.82) is 0 Å². The summed E-state index contributed by atoms with van der Waals surface area (Å²) < 4.78 is 12.8. The number of hydrogen-bond donors (Lipinski definition) is 1. The Hall–Kier alpha value is -1.56. The average molecular weight is 285 g/mol. The van der Waals surface area contributed by atoms with Gasteiger partial charge in [-0.25, -0.2) is 4.39 Å². The van der Waals surface area contributed by atoms with E-state index in [1.807, 2.05) is 0 Å². The largest absolute Gasteiger partial charge is 0.480 e. The molecule has 1 unspecified atom stereocenters. The molecule has 0 saturated carbocycles. The topological polar surface area (TPSA) is 57.6 Å². The smallest absolute Gasteiger partial charge is 0.323 e. The fourth-order valence-electron chi connectivity index (χ4n) is 1.54. The molecule has 19 heavy (non-hydrogen) atoms. The Morgan fingerprint density at radius 1 is 1.37 bits per heavy atom. The highest BCUT2D eigenvalue weighted by molar-refractivity contribution is 7.99. The summed E-state index contributed by atoms with van der Waals surface area (Å²) in [5, 5.41) is 8.54. The third-order valence-corrected chi connectivity index (χ3v) is 3.53. The number of aliphatic carboxylic acids is 1.